The van der Waals surface area contributed by atoms with Crippen LogP contribution < -0.4 is 4.90 Å². The molecule has 0 fully saturated rings. The van der Waals surface area contributed by atoms with Gasteiger partial charge in [0.1, 0.15) is 0 Å². The van der Waals surface area contributed by atoms with Gasteiger partial charge in [-0.1, -0.05) is 135 Å². The summed E-state index contributed by atoms with van der Waals surface area (Å²) in [5.41, 5.74) is 14.7. The van der Waals surface area contributed by atoms with Crippen molar-refractivity contribution in [3.8, 4) is 27.9 Å². The lowest BCUT2D eigenvalue weighted by atomic mass is 9.82. The summed E-state index contributed by atoms with van der Waals surface area (Å²) < 4.78 is 2.40. The van der Waals surface area contributed by atoms with Gasteiger partial charge >= 0.3 is 0 Å². The van der Waals surface area contributed by atoms with Crippen molar-refractivity contribution in [1.82, 2.24) is 4.57 Å². The number of benzene rings is 8. The second-order valence-electron chi connectivity index (χ2n) is 14.2. The molecule has 1 aromatic heterocycles. The van der Waals surface area contributed by atoms with Crippen LogP contribution in [0.5, 0.6) is 0 Å². The Bertz CT molecular complexity index is 2770. The highest BCUT2D eigenvalue weighted by molar-refractivity contribution is 6.10. The minimum absolute atomic E-state index is 0.0639. The predicted octanol–water partition coefficient (Wildman–Crippen LogP) is 13.4. The predicted molar refractivity (Wildman–Crippen MR) is 216 cm³/mol. The Kier molecular flexibility index (Phi) is 6.56. The van der Waals surface area contributed by atoms with Crippen LogP contribution in [0.4, 0.5) is 17.1 Å². The minimum Gasteiger partial charge on any atom is -0.310 e. The fourth-order valence-corrected chi connectivity index (χ4v) is 8.48. The van der Waals surface area contributed by atoms with E-state index >= 15 is 0 Å². The van der Waals surface area contributed by atoms with Crippen LogP contribution in [0, 0.1) is 0 Å². The van der Waals surface area contributed by atoms with E-state index in [1.54, 1.807) is 0 Å². The molecule has 2 heteroatoms. The van der Waals surface area contributed by atoms with Crippen LogP contribution in [0.2, 0.25) is 0 Å². The summed E-state index contributed by atoms with van der Waals surface area (Å²) in [7, 11) is 0. The van der Waals surface area contributed by atoms with Gasteiger partial charge in [0.25, 0.3) is 0 Å². The number of hydrogen-bond acceptors (Lipinski definition) is 1. The molecule has 10 rings (SSSR count). The number of fused-ring (bicyclic) bond motifs is 7. The van der Waals surface area contributed by atoms with Gasteiger partial charge in [0, 0.05) is 38.8 Å². The first kappa shape index (κ1) is 29.5. The van der Waals surface area contributed by atoms with E-state index in [2.05, 4.69) is 205 Å². The second-order valence-corrected chi connectivity index (χ2v) is 14.2. The monoisotopic (exact) mass is 652 g/mol. The number of anilines is 3. The molecule has 1 aliphatic carbocycles. The first-order valence-electron chi connectivity index (χ1n) is 17.8. The number of rotatable bonds is 5. The SMILES string of the molecule is CC1(C)c2ccccc2-c2cc3ccc(N(c4ccc5c6ccccc6n(-c6ccccc6)c5c4)c4ccccc4-c4ccccc4)cc3cc21. The van der Waals surface area contributed by atoms with Gasteiger partial charge in [0.2, 0.25) is 0 Å². The van der Waals surface area contributed by atoms with E-state index < -0.39 is 0 Å². The average Bonchev–Trinajstić information content (AvgIpc) is 3.63. The normalized spacial score (nSPS) is 13.1. The number of nitrogens with zero attached hydrogens (tertiary/aromatic N) is 2. The van der Waals surface area contributed by atoms with Crippen LogP contribution in [-0.2, 0) is 5.41 Å². The van der Waals surface area contributed by atoms with Crippen molar-refractivity contribution < 1.29 is 0 Å². The maximum atomic E-state index is 2.45. The molecule has 0 aliphatic heterocycles. The summed E-state index contributed by atoms with van der Waals surface area (Å²) in [6, 6.07) is 66.7. The Labute approximate surface area is 298 Å². The molecule has 0 saturated heterocycles. The van der Waals surface area contributed by atoms with Gasteiger partial charge in [-0.3, -0.25) is 0 Å². The van der Waals surface area contributed by atoms with Crippen molar-refractivity contribution >= 4 is 49.6 Å². The molecule has 51 heavy (non-hydrogen) atoms. The Hall–Kier alpha value is -6.38. The maximum absolute atomic E-state index is 2.45. The molecule has 0 atom stereocenters. The van der Waals surface area contributed by atoms with E-state index in [1.807, 2.05) is 0 Å². The van der Waals surface area contributed by atoms with Gasteiger partial charge in [-0.15, -0.1) is 0 Å². The molecular weight excluding hydrogens is 617 g/mol. The van der Waals surface area contributed by atoms with Gasteiger partial charge in [-0.05, 0) is 99.3 Å². The van der Waals surface area contributed by atoms with Crippen LogP contribution in [0.15, 0.2) is 182 Å². The molecule has 2 nitrogen and oxygen atoms in total. The summed E-state index contributed by atoms with van der Waals surface area (Å²) in [5.74, 6) is 0. The highest BCUT2D eigenvalue weighted by Gasteiger charge is 2.35. The lowest BCUT2D eigenvalue weighted by Crippen LogP contribution is -2.15. The van der Waals surface area contributed by atoms with Crippen LogP contribution in [0.3, 0.4) is 0 Å². The van der Waals surface area contributed by atoms with Gasteiger partial charge in [0.05, 0.1) is 16.7 Å². The van der Waals surface area contributed by atoms with E-state index in [9.17, 15) is 0 Å². The second kappa shape index (κ2) is 11.3. The highest BCUT2D eigenvalue weighted by atomic mass is 15.1. The van der Waals surface area contributed by atoms with Crippen molar-refractivity contribution in [3.05, 3.63) is 193 Å². The minimum atomic E-state index is -0.0639. The molecule has 0 bridgehead atoms. The van der Waals surface area contributed by atoms with Gasteiger partial charge < -0.3 is 9.47 Å². The average molecular weight is 653 g/mol. The fraction of sp³-hybridized carbons (Fsp3) is 0.0612. The van der Waals surface area contributed by atoms with Crippen LogP contribution >= 0.6 is 0 Å². The molecule has 8 aromatic carbocycles. The largest absolute Gasteiger partial charge is 0.310 e. The van der Waals surface area contributed by atoms with E-state index in [1.165, 1.54) is 66.0 Å². The van der Waals surface area contributed by atoms with E-state index in [-0.39, 0.29) is 5.41 Å². The van der Waals surface area contributed by atoms with Gasteiger partial charge in [-0.2, -0.15) is 0 Å². The first-order valence-corrected chi connectivity index (χ1v) is 17.8. The summed E-state index contributed by atoms with van der Waals surface area (Å²) >= 11 is 0. The quantitative estimate of drug-likeness (QED) is 0.180. The lowest BCUT2D eigenvalue weighted by Gasteiger charge is -2.28. The van der Waals surface area contributed by atoms with Crippen molar-refractivity contribution in [1.29, 1.82) is 0 Å². The smallest absolute Gasteiger partial charge is 0.0561 e. The summed E-state index contributed by atoms with van der Waals surface area (Å²) in [6.45, 7) is 4.72. The Balaban J connectivity index is 1.23. The van der Waals surface area contributed by atoms with E-state index in [0.29, 0.717) is 0 Å². The third kappa shape index (κ3) is 4.57. The Morgan fingerprint density at radius 1 is 0.431 bits per heavy atom. The topological polar surface area (TPSA) is 8.17 Å². The van der Waals surface area contributed by atoms with Crippen molar-refractivity contribution in [3.63, 3.8) is 0 Å². The third-order valence-corrected chi connectivity index (χ3v) is 10.9. The molecular formula is C49H36N2. The molecule has 0 unspecified atom stereocenters. The molecule has 0 saturated carbocycles. The maximum Gasteiger partial charge on any atom is 0.0561 e. The first-order chi connectivity index (χ1) is 25.1. The van der Waals surface area contributed by atoms with Crippen LogP contribution in [0.25, 0.3) is 60.5 Å². The van der Waals surface area contributed by atoms with E-state index in [4.69, 9.17) is 0 Å². The van der Waals surface area contributed by atoms with Crippen LogP contribution in [-0.4, -0.2) is 4.57 Å². The molecule has 1 heterocycles. The zero-order valence-electron chi connectivity index (χ0n) is 28.7. The van der Waals surface area contributed by atoms with E-state index in [0.717, 1.165) is 22.7 Å². The highest BCUT2D eigenvalue weighted by Crippen LogP contribution is 2.50. The molecule has 0 N–H and O–H groups in total. The fourth-order valence-electron chi connectivity index (χ4n) is 8.48. The Morgan fingerprint density at radius 2 is 1.08 bits per heavy atom. The van der Waals surface area contributed by atoms with Gasteiger partial charge in [0.15, 0.2) is 0 Å². The van der Waals surface area contributed by atoms with Crippen molar-refractivity contribution in [2.45, 2.75) is 19.3 Å². The zero-order valence-corrected chi connectivity index (χ0v) is 28.7. The zero-order chi connectivity index (χ0) is 34.1. The number of hydrogen-bond donors (Lipinski definition) is 0. The standard InChI is InChI=1S/C49H36N2/c1-49(2)44-22-12-9-20-40(44)43-30-34-25-26-37(29-35(34)31-45(43)49)50(46-23-13-10-19-39(46)33-15-5-3-6-16-33)38-27-28-42-41-21-11-14-24-47(41)51(48(42)32-38)36-17-7-4-8-18-36/h3-32H,1-2H3. The molecule has 0 radical (unpaired) electrons. The molecule has 9 aromatic rings. The molecule has 0 amide bonds. The summed E-state index contributed by atoms with van der Waals surface area (Å²) in [6.07, 6.45) is 0. The summed E-state index contributed by atoms with van der Waals surface area (Å²) in [5, 5.41) is 4.99. The van der Waals surface area contributed by atoms with Crippen LogP contribution in [0.1, 0.15) is 25.0 Å². The van der Waals surface area contributed by atoms with Gasteiger partial charge in [-0.25, -0.2) is 0 Å². The molecule has 1 aliphatic rings. The Morgan fingerprint density at radius 3 is 1.92 bits per heavy atom. The number of para-hydroxylation sites is 3. The molecule has 0 spiro atoms. The lowest BCUT2D eigenvalue weighted by molar-refractivity contribution is 0.661. The summed E-state index contributed by atoms with van der Waals surface area (Å²) in [4.78, 5) is 2.45. The number of aromatic nitrogens is 1. The third-order valence-electron chi connectivity index (χ3n) is 10.9. The van der Waals surface area contributed by atoms with Crippen molar-refractivity contribution in [2.75, 3.05) is 4.90 Å². The van der Waals surface area contributed by atoms with Crippen molar-refractivity contribution in [2.24, 2.45) is 0 Å². The molecule has 242 valence electrons.